The van der Waals surface area contributed by atoms with Crippen LogP contribution in [0.4, 0.5) is 0 Å². The van der Waals surface area contributed by atoms with E-state index in [0.29, 0.717) is 13.1 Å². The third-order valence-electron chi connectivity index (χ3n) is 2.42. The van der Waals surface area contributed by atoms with E-state index in [0.717, 1.165) is 26.1 Å². The standard InChI is InChI=1S/C10H16N2O2/c1-2-10(14)12-5-3-4-11(6-7-12)8-9-13/h1,13H,3-9H2. The summed E-state index contributed by atoms with van der Waals surface area (Å²) >= 11 is 0. The van der Waals surface area contributed by atoms with Crippen LogP contribution in [0.3, 0.4) is 0 Å². The maximum absolute atomic E-state index is 11.2. The van der Waals surface area contributed by atoms with Crippen molar-refractivity contribution in [1.29, 1.82) is 0 Å². The maximum Gasteiger partial charge on any atom is 0.298 e. The molecule has 0 unspecified atom stereocenters. The van der Waals surface area contributed by atoms with Gasteiger partial charge in [0.1, 0.15) is 0 Å². The highest BCUT2D eigenvalue weighted by Gasteiger charge is 2.16. The molecule has 14 heavy (non-hydrogen) atoms. The maximum atomic E-state index is 11.2. The summed E-state index contributed by atoms with van der Waals surface area (Å²) < 4.78 is 0. The molecule has 0 bridgehead atoms. The molecule has 0 aromatic rings. The molecular formula is C10H16N2O2. The van der Waals surface area contributed by atoms with Crippen molar-refractivity contribution in [2.75, 3.05) is 39.3 Å². The second kappa shape index (κ2) is 5.63. The molecule has 0 spiro atoms. The van der Waals surface area contributed by atoms with Gasteiger partial charge in [0.2, 0.25) is 0 Å². The highest BCUT2D eigenvalue weighted by molar-refractivity contribution is 5.92. The van der Waals surface area contributed by atoms with Crippen LogP contribution in [-0.4, -0.2) is 60.1 Å². The van der Waals surface area contributed by atoms with Gasteiger partial charge < -0.3 is 10.0 Å². The fourth-order valence-corrected chi connectivity index (χ4v) is 1.63. The second-order valence-electron chi connectivity index (χ2n) is 3.36. The minimum atomic E-state index is -0.226. The van der Waals surface area contributed by atoms with E-state index in [2.05, 4.69) is 10.8 Å². The van der Waals surface area contributed by atoms with Crippen LogP contribution in [0.25, 0.3) is 0 Å². The summed E-state index contributed by atoms with van der Waals surface area (Å²) in [5, 5.41) is 8.78. The third kappa shape index (κ3) is 3.02. The number of terminal acetylenes is 1. The van der Waals surface area contributed by atoms with Crippen LogP contribution in [0.15, 0.2) is 0 Å². The van der Waals surface area contributed by atoms with E-state index in [9.17, 15) is 4.79 Å². The molecule has 1 N–H and O–H groups in total. The lowest BCUT2D eigenvalue weighted by Crippen LogP contribution is -2.35. The summed E-state index contributed by atoms with van der Waals surface area (Å²) in [5.74, 6) is 1.90. The fraction of sp³-hybridized carbons (Fsp3) is 0.700. The first-order chi connectivity index (χ1) is 6.77. The Morgan fingerprint density at radius 2 is 2.14 bits per heavy atom. The van der Waals surface area contributed by atoms with Crippen molar-refractivity contribution in [2.24, 2.45) is 0 Å². The molecule has 0 atom stereocenters. The second-order valence-corrected chi connectivity index (χ2v) is 3.36. The van der Waals surface area contributed by atoms with Crippen LogP contribution < -0.4 is 0 Å². The smallest absolute Gasteiger partial charge is 0.298 e. The van der Waals surface area contributed by atoms with Crippen molar-refractivity contribution in [3.63, 3.8) is 0 Å². The van der Waals surface area contributed by atoms with Crippen molar-refractivity contribution in [3.8, 4) is 12.3 Å². The van der Waals surface area contributed by atoms with Gasteiger partial charge in [-0.25, -0.2) is 0 Å². The first-order valence-corrected chi connectivity index (χ1v) is 4.86. The van der Waals surface area contributed by atoms with Crippen molar-refractivity contribution in [1.82, 2.24) is 9.80 Å². The molecule has 1 saturated heterocycles. The van der Waals surface area contributed by atoms with E-state index in [1.54, 1.807) is 4.90 Å². The third-order valence-corrected chi connectivity index (χ3v) is 2.42. The average Bonchev–Trinajstić information content (AvgIpc) is 2.43. The lowest BCUT2D eigenvalue weighted by Gasteiger charge is -2.19. The Hall–Kier alpha value is -1.05. The predicted octanol–water partition coefficient (Wildman–Crippen LogP) is -0.854. The molecule has 0 aromatic heterocycles. The van der Waals surface area contributed by atoms with Crippen LogP contribution in [0.2, 0.25) is 0 Å². The van der Waals surface area contributed by atoms with Crippen LogP contribution in [0.1, 0.15) is 6.42 Å². The van der Waals surface area contributed by atoms with Gasteiger partial charge in [0.05, 0.1) is 6.61 Å². The quantitative estimate of drug-likeness (QED) is 0.585. The highest BCUT2D eigenvalue weighted by Crippen LogP contribution is 2.02. The Labute approximate surface area is 84.5 Å². The van der Waals surface area contributed by atoms with Crippen LogP contribution >= 0.6 is 0 Å². The fourth-order valence-electron chi connectivity index (χ4n) is 1.63. The topological polar surface area (TPSA) is 43.8 Å². The molecule has 1 aliphatic rings. The predicted molar refractivity (Wildman–Crippen MR) is 53.6 cm³/mol. The van der Waals surface area contributed by atoms with Gasteiger partial charge in [0, 0.05) is 26.2 Å². The van der Waals surface area contributed by atoms with Gasteiger partial charge in [0.15, 0.2) is 0 Å². The molecule has 4 nitrogen and oxygen atoms in total. The van der Waals surface area contributed by atoms with E-state index < -0.39 is 0 Å². The van der Waals surface area contributed by atoms with Gasteiger partial charge >= 0.3 is 0 Å². The van der Waals surface area contributed by atoms with Crippen LogP contribution in [-0.2, 0) is 4.79 Å². The van der Waals surface area contributed by atoms with Gasteiger partial charge in [0.25, 0.3) is 5.91 Å². The van der Waals surface area contributed by atoms with Crippen LogP contribution in [0, 0.1) is 12.3 Å². The number of hydrogen-bond acceptors (Lipinski definition) is 3. The molecule has 1 fully saturated rings. The largest absolute Gasteiger partial charge is 0.395 e. The number of β-amino-alcohol motifs (C(OH)–C–C–N with tert-alkyl or cyclic N) is 1. The zero-order valence-corrected chi connectivity index (χ0v) is 8.28. The average molecular weight is 196 g/mol. The van der Waals surface area contributed by atoms with Crippen molar-refractivity contribution < 1.29 is 9.90 Å². The van der Waals surface area contributed by atoms with Crippen molar-refractivity contribution in [2.45, 2.75) is 6.42 Å². The number of amides is 1. The summed E-state index contributed by atoms with van der Waals surface area (Å²) in [6, 6.07) is 0. The molecule has 1 aliphatic heterocycles. The van der Waals surface area contributed by atoms with Gasteiger partial charge in [-0.15, -0.1) is 6.42 Å². The first kappa shape index (κ1) is 11.0. The normalized spacial score (nSPS) is 18.7. The molecule has 0 saturated carbocycles. The van der Waals surface area contributed by atoms with Gasteiger partial charge in [-0.2, -0.15) is 0 Å². The van der Waals surface area contributed by atoms with E-state index >= 15 is 0 Å². The molecule has 1 rings (SSSR count). The van der Waals surface area contributed by atoms with Crippen LogP contribution in [0.5, 0.6) is 0 Å². The van der Waals surface area contributed by atoms with Gasteiger partial charge in [-0.3, -0.25) is 9.69 Å². The zero-order valence-electron chi connectivity index (χ0n) is 8.28. The lowest BCUT2D eigenvalue weighted by molar-refractivity contribution is -0.124. The summed E-state index contributed by atoms with van der Waals surface area (Å²) in [7, 11) is 0. The molecule has 4 heteroatoms. The van der Waals surface area contributed by atoms with E-state index in [1.807, 2.05) is 0 Å². The zero-order chi connectivity index (χ0) is 10.4. The van der Waals surface area contributed by atoms with E-state index in [1.165, 1.54) is 0 Å². The number of hydrogen-bond donors (Lipinski definition) is 1. The number of aliphatic hydroxyl groups excluding tert-OH is 1. The minimum Gasteiger partial charge on any atom is -0.395 e. The first-order valence-electron chi connectivity index (χ1n) is 4.86. The van der Waals surface area contributed by atoms with Crippen molar-refractivity contribution in [3.05, 3.63) is 0 Å². The highest BCUT2D eigenvalue weighted by atomic mass is 16.3. The van der Waals surface area contributed by atoms with E-state index in [4.69, 9.17) is 11.5 Å². The molecule has 0 aromatic carbocycles. The Morgan fingerprint density at radius 3 is 2.79 bits per heavy atom. The molecule has 1 heterocycles. The minimum absolute atomic E-state index is 0.170. The van der Waals surface area contributed by atoms with Crippen molar-refractivity contribution >= 4 is 5.91 Å². The number of nitrogens with zero attached hydrogens (tertiary/aromatic N) is 2. The molecule has 0 radical (unpaired) electrons. The van der Waals surface area contributed by atoms with Gasteiger partial charge in [-0.05, 0) is 18.9 Å². The molecular weight excluding hydrogens is 180 g/mol. The summed E-state index contributed by atoms with van der Waals surface area (Å²) in [4.78, 5) is 15.0. The SMILES string of the molecule is C#CC(=O)N1CCCN(CCO)CC1. The van der Waals surface area contributed by atoms with Gasteiger partial charge in [-0.1, -0.05) is 0 Å². The summed E-state index contributed by atoms with van der Waals surface area (Å²) in [6.45, 7) is 3.97. The number of rotatable bonds is 2. The number of carbonyl (C=O) groups is 1. The lowest BCUT2D eigenvalue weighted by atomic mass is 10.4. The Kier molecular flexibility index (Phi) is 4.44. The number of aliphatic hydroxyl groups is 1. The van der Waals surface area contributed by atoms with E-state index in [-0.39, 0.29) is 12.5 Å². The Balaban J connectivity index is 2.41. The number of carbonyl (C=O) groups excluding carboxylic acids is 1. The molecule has 0 aliphatic carbocycles. The Morgan fingerprint density at radius 1 is 1.36 bits per heavy atom. The molecule has 1 amide bonds. The monoisotopic (exact) mass is 196 g/mol. The Bertz CT molecular complexity index is 235. The summed E-state index contributed by atoms with van der Waals surface area (Å²) in [5.41, 5.74) is 0. The molecule has 78 valence electrons. The summed E-state index contributed by atoms with van der Waals surface area (Å²) in [6.07, 6.45) is 5.98.